The highest BCUT2D eigenvalue weighted by Crippen LogP contribution is 2.25. The number of benzene rings is 1. The minimum Gasteiger partial charge on any atom is -0.342 e. The highest BCUT2D eigenvalue weighted by Gasteiger charge is 2.20. The van der Waals surface area contributed by atoms with Crippen LogP contribution in [0.1, 0.15) is 18.4 Å². The van der Waals surface area contributed by atoms with Crippen LogP contribution in [0.5, 0.6) is 0 Å². The number of carbonyl (C=O) groups excluding carboxylic acids is 1. The zero-order chi connectivity index (χ0) is 13.8. The van der Waals surface area contributed by atoms with Crippen molar-refractivity contribution in [3.63, 3.8) is 0 Å². The molecule has 3 nitrogen and oxygen atoms in total. The van der Waals surface area contributed by atoms with Gasteiger partial charge in [0.1, 0.15) is 0 Å². The van der Waals surface area contributed by atoms with Crippen LogP contribution >= 0.6 is 40.1 Å². The molecule has 0 saturated carbocycles. The van der Waals surface area contributed by atoms with Crippen LogP contribution in [-0.4, -0.2) is 35.7 Å². The van der Waals surface area contributed by atoms with Gasteiger partial charge in [-0.1, -0.05) is 15.9 Å². The molecule has 0 atom stereocenters. The Morgan fingerprint density at radius 2 is 2.10 bits per heavy atom. The van der Waals surface area contributed by atoms with Crippen molar-refractivity contribution in [2.24, 2.45) is 5.73 Å². The number of thioether (sulfide) groups is 1. The fraction of sp³-hybridized carbons (Fsp3) is 0.500. The van der Waals surface area contributed by atoms with Gasteiger partial charge in [-0.3, -0.25) is 4.79 Å². The molecular formula is C14H20BrClN2OS. The van der Waals surface area contributed by atoms with Crippen molar-refractivity contribution in [1.29, 1.82) is 0 Å². The third-order valence-electron chi connectivity index (χ3n) is 3.38. The van der Waals surface area contributed by atoms with Gasteiger partial charge in [-0.15, -0.1) is 24.2 Å². The van der Waals surface area contributed by atoms with E-state index in [0.717, 1.165) is 30.4 Å². The number of halogens is 2. The van der Waals surface area contributed by atoms with Crippen molar-refractivity contribution < 1.29 is 4.79 Å². The number of nitrogens with two attached hydrogens (primary N) is 1. The van der Waals surface area contributed by atoms with E-state index in [2.05, 4.69) is 35.0 Å². The summed E-state index contributed by atoms with van der Waals surface area (Å²) in [6, 6.07) is 6.42. The summed E-state index contributed by atoms with van der Waals surface area (Å²) >= 11 is 5.06. The quantitative estimate of drug-likeness (QED) is 0.820. The van der Waals surface area contributed by atoms with Crippen molar-refractivity contribution >= 4 is 46.0 Å². The Hall–Kier alpha value is -0.230. The van der Waals surface area contributed by atoms with Gasteiger partial charge in [-0.25, -0.2) is 0 Å². The van der Waals surface area contributed by atoms with Gasteiger partial charge in [0.15, 0.2) is 0 Å². The predicted octanol–water partition coefficient (Wildman–Crippen LogP) is 3.22. The fourth-order valence-electron chi connectivity index (χ4n) is 2.15. The normalized spacial score (nSPS) is 15.8. The number of likely N-dealkylation sites (tertiary alicyclic amines) is 1. The Balaban J connectivity index is 0.00000200. The molecule has 1 aromatic rings. The molecule has 1 aliphatic rings. The first-order valence-electron chi connectivity index (χ1n) is 6.48. The lowest BCUT2D eigenvalue weighted by atomic mass is 10.1. The molecule has 0 spiro atoms. The Morgan fingerprint density at radius 1 is 1.45 bits per heavy atom. The second-order valence-electron chi connectivity index (χ2n) is 4.92. The summed E-state index contributed by atoms with van der Waals surface area (Å²) < 4.78 is 1.07. The molecule has 0 aromatic heterocycles. The van der Waals surface area contributed by atoms with Gasteiger partial charge < -0.3 is 10.6 Å². The summed E-state index contributed by atoms with van der Waals surface area (Å²) in [6.07, 6.45) is 1.85. The van der Waals surface area contributed by atoms with Crippen molar-refractivity contribution in [2.45, 2.75) is 30.7 Å². The summed E-state index contributed by atoms with van der Waals surface area (Å²) in [5.41, 5.74) is 7.05. The van der Waals surface area contributed by atoms with Gasteiger partial charge in [-0.2, -0.15) is 0 Å². The molecule has 1 fully saturated rings. The summed E-state index contributed by atoms with van der Waals surface area (Å²) in [4.78, 5) is 15.2. The molecule has 112 valence electrons. The topological polar surface area (TPSA) is 46.3 Å². The van der Waals surface area contributed by atoms with Crippen LogP contribution in [0, 0.1) is 6.92 Å². The summed E-state index contributed by atoms with van der Waals surface area (Å²) in [7, 11) is 0. The van der Waals surface area contributed by atoms with Crippen molar-refractivity contribution in [3.05, 3.63) is 28.2 Å². The van der Waals surface area contributed by atoms with E-state index in [0.29, 0.717) is 5.75 Å². The molecule has 20 heavy (non-hydrogen) atoms. The molecule has 2 N–H and O–H groups in total. The highest BCUT2D eigenvalue weighted by molar-refractivity contribution is 9.10. The van der Waals surface area contributed by atoms with E-state index in [9.17, 15) is 4.79 Å². The van der Waals surface area contributed by atoms with Gasteiger partial charge >= 0.3 is 0 Å². The van der Waals surface area contributed by atoms with E-state index in [1.807, 2.05) is 11.0 Å². The van der Waals surface area contributed by atoms with Crippen LogP contribution in [0.2, 0.25) is 0 Å². The number of hydrogen-bond acceptors (Lipinski definition) is 3. The second-order valence-corrected chi connectivity index (χ2v) is 6.85. The first-order chi connectivity index (χ1) is 9.06. The fourth-order valence-corrected chi connectivity index (χ4v) is 3.54. The third kappa shape index (κ3) is 4.95. The Kier molecular flexibility index (Phi) is 7.37. The van der Waals surface area contributed by atoms with Gasteiger partial charge in [0.2, 0.25) is 5.91 Å². The monoisotopic (exact) mass is 378 g/mol. The maximum absolute atomic E-state index is 12.1. The van der Waals surface area contributed by atoms with E-state index >= 15 is 0 Å². The van der Waals surface area contributed by atoms with E-state index in [1.54, 1.807) is 11.8 Å². The van der Waals surface area contributed by atoms with E-state index in [1.165, 1.54) is 10.5 Å². The van der Waals surface area contributed by atoms with E-state index in [-0.39, 0.29) is 24.4 Å². The SMILES string of the molecule is Cc1cc(Br)ccc1SCC(=O)N1CCC(N)CC1.Cl. The molecule has 0 aliphatic carbocycles. The number of rotatable bonds is 3. The Labute approximate surface area is 139 Å². The van der Waals surface area contributed by atoms with E-state index in [4.69, 9.17) is 5.73 Å². The van der Waals surface area contributed by atoms with Crippen LogP contribution in [0.15, 0.2) is 27.6 Å². The van der Waals surface area contributed by atoms with Gasteiger partial charge in [-0.05, 0) is 43.5 Å². The standard InChI is InChI=1S/C14H19BrN2OS.ClH/c1-10-8-11(15)2-3-13(10)19-9-14(18)17-6-4-12(16)5-7-17;/h2-3,8,12H,4-7,9,16H2,1H3;1H. The molecule has 0 radical (unpaired) electrons. The molecule has 2 rings (SSSR count). The first-order valence-corrected chi connectivity index (χ1v) is 8.26. The molecule has 1 aliphatic heterocycles. The Bertz CT molecular complexity index is 464. The number of amides is 1. The lowest BCUT2D eigenvalue weighted by Gasteiger charge is -2.30. The number of piperidine rings is 1. The molecule has 1 aromatic carbocycles. The Morgan fingerprint density at radius 3 is 2.70 bits per heavy atom. The molecule has 0 unspecified atom stereocenters. The van der Waals surface area contributed by atoms with Gasteiger partial charge in [0.25, 0.3) is 0 Å². The van der Waals surface area contributed by atoms with Crippen LogP contribution in [0.25, 0.3) is 0 Å². The minimum absolute atomic E-state index is 0. The number of carbonyl (C=O) groups is 1. The maximum Gasteiger partial charge on any atom is 0.232 e. The molecule has 1 saturated heterocycles. The molecular weight excluding hydrogens is 360 g/mol. The second kappa shape index (κ2) is 8.27. The van der Waals surface area contributed by atoms with Crippen molar-refractivity contribution in [2.75, 3.05) is 18.8 Å². The predicted molar refractivity (Wildman–Crippen MR) is 90.6 cm³/mol. The number of nitrogens with zero attached hydrogens (tertiary/aromatic N) is 1. The number of hydrogen-bond donors (Lipinski definition) is 1. The average molecular weight is 380 g/mol. The number of aryl methyl sites for hydroxylation is 1. The average Bonchev–Trinajstić information content (AvgIpc) is 2.38. The summed E-state index contributed by atoms with van der Waals surface area (Å²) in [6.45, 7) is 3.68. The zero-order valence-electron chi connectivity index (χ0n) is 11.5. The lowest BCUT2D eigenvalue weighted by Crippen LogP contribution is -2.43. The first kappa shape index (κ1) is 17.8. The largest absolute Gasteiger partial charge is 0.342 e. The van der Waals surface area contributed by atoms with E-state index < -0.39 is 0 Å². The van der Waals surface area contributed by atoms with Crippen LogP contribution in [0.3, 0.4) is 0 Å². The molecule has 1 amide bonds. The highest BCUT2D eigenvalue weighted by atomic mass is 79.9. The van der Waals surface area contributed by atoms with Crippen LogP contribution in [0.4, 0.5) is 0 Å². The van der Waals surface area contributed by atoms with Gasteiger partial charge in [0.05, 0.1) is 5.75 Å². The molecule has 1 heterocycles. The maximum atomic E-state index is 12.1. The zero-order valence-corrected chi connectivity index (χ0v) is 14.7. The third-order valence-corrected chi connectivity index (χ3v) is 5.03. The van der Waals surface area contributed by atoms with Crippen molar-refractivity contribution in [3.8, 4) is 0 Å². The smallest absolute Gasteiger partial charge is 0.232 e. The molecule has 6 heteroatoms. The van der Waals surface area contributed by atoms with Crippen molar-refractivity contribution in [1.82, 2.24) is 4.90 Å². The summed E-state index contributed by atoms with van der Waals surface area (Å²) in [5, 5.41) is 0. The van der Waals surface area contributed by atoms with Crippen LogP contribution < -0.4 is 5.73 Å². The summed E-state index contributed by atoms with van der Waals surface area (Å²) in [5.74, 6) is 0.733. The molecule has 0 bridgehead atoms. The minimum atomic E-state index is 0. The lowest BCUT2D eigenvalue weighted by molar-refractivity contribution is -0.129. The van der Waals surface area contributed by atoms with Crippen LogP contribution in [-0.2, 0) is 4.79 Å². The van der Waals surface area contributed by atoms with Gasteiger partial charge in [0, 0.05) is 28.5 Å².